The third kappa shape index (κ3) is 2.72. The maximum Gasteiger partial charge on any atom is 0.148 e. The van der Waals surface area contributed by atoms with Crippen LogP contribution >= 0.6 is 0 Å². The number of hydrogen-bond acceptors (Lipinski definition) is 4. The fourth-order valence-electron chi connectivity index (χ4n) is 1.51. The van der Waals surface area contributed by atoms with Gasteiger partial charge in [0, 0.05) is 12.1 Å². The highest BCUT2D eigenvalue weighted by molar-refractivity contribution is 5.66. The Hall–Kier alpha value is -2.10. The Labute approximate surface area is 100 Å². The molecular formula is C13H15N3O. The number of phenols is 1. The number of nitrogens with zero attached hydrogens (tertiary/aromatic N) is 2. The lowest BCUT2D eigenvalue weighted by Gasteiger charge is -2.05. The summed E-state index contributed by atoms with van der Waals surface area (Å²) in [4.78, 5) is 0. The van der Waals surface area contributed by atoms with Crippen molar-refractivity contribution in [2.45, 2.75) is 13.3 Å². The minimum Gasteiger partial charge on any atom is -0.507 e. The minimum absolute atomic E-state index is 0.219. The average molecular weight is 229 g/mol. The molecule has 1 aromatic heterocycles. The summed E-state index contributed by atoms with van der Waals surface area (Å²) in [6, 6.07) is 10.8. The molecule has 0 spiro atoms. The second-order valence-electron chi connectivity index (χ2n) is 3.75. The van der Waals surface area contributed by atoms with Gasteiger partial charge in [-0.15, -0.1) is 10.2 Å². The summed E-state index contributed by atoms with van der Waals surface area (Å²) < 4.78 is 0. The van der Waals surface area contributed by atoms with Crippen molar-refractivity contribution >= 4 is 5.82 Å². The smallest absolute Gasteiger partial charge is 0.148 e. The first-order valence-electron chi connectivity index (χ1n) is 5.67. The summed E-state index contributed by atoms with van der Waals surface area (Å²) in [5.74, 6) is 0.974. The normalized spacial score (nSPS) is 10.2. The lowest BCUT2D eigenvalue weighted by Crippen LogP contribution is -2.02. The number of rotatable bonds is 4. The molecule has 2 aromatic rings. The predicted octanol–water partition coefficient (Wildman–Crippen LogP) is 2.67. The van der Waals surface area contributed by atoms with Crippen LogP contribution in [0, 0.1) is 0 Å². The minimum atomic E-state index is 0.219. The van der Waals surface area contributed by atoms with Crippen LogP contribution in [0.1, 0.15) is 13.3 Å². The van der Waals surface area contributed by atoms with E-state index >= 15 is 0 Å². The van der Waals surface area contributed by atoms with Crippen molar-refractivity contribution in [1.82, 2.24) is 10.2 Å². The Bertz CT molecular complexity index is 482. The number of benzene rings is 1. The first-order chi connectivity index (χ1) is 8.31. The molecule has 88 valence electrons. The van der Waals surface area contributed by atoms with E-state index in [1.54, 1.807) is 12.1 Å². The Morgan fingerprint density at radius 1 is 1.12 bits per heavy atom. The molecule has 0 fully saturated rings. The zero-order chi connectivity index (χ0) is 12.1. The van der Waals surface area contributed by atoms with E-state index in [9.17, 15) is 5.11 Å². The topological polar surface area (TPSA) is 58.0 Å². The van der Waals surface area contributed by atoms with Gasteiger partial charge in [0.15, 0.2) is 0 Å². The summed E-state index contributed by atoms with van der Waals surface area (Å²) in [6.07, 6.45) is 1.04. The lowest BCUT2D eigenvalue weighted by molar-refractivity contribution is 0.477. The zero-order valence-electron chi connectivity index (χ0n) is 9.72. The maximum atomic E-state index is 9.69. The maximum absolute atomic E-state index is 9.69. The quantitative estimate of drug-likeness (QED) is 0.846. The van der Waals surface area contributed by atoms with Crippen molar-refractivity contribution in [3.63, 3.8) is 0 Å². The van der Waals surface area contributed by atoms with E-state index < -0.39 is 0 Å². The lowest BCUT2D eigenvalue weighted by atomic mass is 10.1. The SMILES string of the molecule is CCCNc1ccc(-c2ccccc2O)nn1. The van der Waals surface area contributed by atoms with Gasteiger partial charge in [0.1, 0.15) is 11.6 Å². The molecule has 1 heterocycles. The summed E-state index contributed by atoms with van der Waals surface area (Å²) in [7, 11) is 0. The monoisotopic (exact) mass is 229 g/mol. The van der Waals surface area contributed by atoms with Crippen molar-refractivity contribution in [3.05, 3.63) is 36.4 Å². The van der Waals surface area contributed by atoms with Crippen molar-refractivity contribution < 1.29 is 5.11 Å². The number of para-hydroxylation sites is 1. The molecular weight excluding hydrogens is 214 g/mol. The molecule has 0 bridgehead atoms. The molecule has 0 aliphatic carbocycles. The molecule has 4 heteroatoms. The van der Waals surface area contributed by atoms with Crippen LogP contribution in [0.25, 0.3) is 11.3 Å². The van der Waals surface area contributed by atoms with E-state index in [2.05, 4.69) is 22.4 Å². The standard InChI is InChI=1S/C13H15N3O/c1-2-9-14-13-8-7-11(15-16-13)10-5-3-4-6-12(10)17/h3-8,17H,2,9H2,1H3,(H,14,16). The number of anilines is 1. The molecule has 1 aromatic carbocycles. The summed E-state index contributed by atoms with van der Waals surface area (Å²) in [5.41, 5.74) is 1.37. The molecule has 0 aliphatic heterocycles. The molecule has 0 atom stereocenters. The van der Waals surface area contributed by atoms with Crippen LogP contribution in [-0.2, 0) is 0 Å². The fourth-order valence-corrected chi connectivity index (χ4v) is 1.51. The van der Waals surface area contributed by atoms with Gasteiger partial charge in [-0.05, 0) is 30.7 Å². The third-order valence-corrected chi connectivity index (χ3v) is 2.40. The Morgan fingerprint density at radius 2 is 1.94 bits per heavy atom. The van der Waals surface area contributed by atoms with Crippen molar-refractivity contribution in [1.29, 1.82) is 0 Å². The number of aromatic nitrogens is 2. The second-order valence-corrected chi connectivity index (χ2v) is 3.75. The highest BCUT2D eigenvalue weighted by atomic mass is 16.3. The third-order valence-electron chi connectivity index (χ3n) is 2.40. The van der Waals surface area contributed by atoms with E-state index in [4.69, 9.17) is 0 Å². The highest BCUT2D eigenvalue weighted by Gasteiger charge is 2.05. The van der Waals surface area contributed by atoms with Crippen LogP contribution in [0.15, 0.2) is 36.4 Å². The molecule has 17 heavy (non-hydrogen) atoms. The summed E-state index contributed by atoms with van der Waals surface area (Å²) in [5, 5.41) is 21.0. The Balaban J connectivity index is 2.21. The molecule has 0 unspecified atom stereocenters. The van der Waals surface area contributed by atoms with Crippen molar-refractivity contribution in [2.24, 2.45) is 0 Å². The number of phenolic OH excluding ortho intramolecular Hbond substituents is 1. The molecule has 0 saturated heterocycles. The van der Waals surface area contributed by atoms with E-state index in [0.717, 1.165) is 18.8 Å². The first kappa shape index (κ1) is 11.4. The van der Waals surface area contributed by atoms with Gasteiger partial charge in [-0.1, -0.05) is 19.1 Å². The molecule has 4 nitrogen and oxygen atoms in total. The van der Waals surface area contributed by atoms with Crippen molar-refractivity contribution in [3.8, 4) is 17.0 Å². The zero-order valence-corrected chi connectivity index (χ0v) is 9.72. The van der Waals surface area contributed by atoms with Crippen LogP contribution < -0.4 is 5.32 Å². The van der Waals surface area contributed by atoms with Crippen molar-refractivity contribution in [2.75, 3.05) is 11.9 Å². The summed E-state index contributed by atoms with van der Waals surface area (Å²) in [6.45, 7) is 2.97. The second kappa shape index (κ2) is 5.30. The first-order valence-corrected chi connectivity index (χ1v) is 5.67. The Kier molecular flexibility index (Phi) is 3.55. The van der Waals surface area contributed by atoms with E-state index in [-0.39, 0.29) is 5.75 Å². The van der Waals surface area contributed by atoms with Crippen LogP contribution in [-0.4, -0.2) is 21.8 Å². The van der Waals surface area contributed by atoms with Gasteiger partial charge in [-0.2, -0.15) is 0 Å². The number of nitrogens with one attached hydrogen (secondary N) is 1. The summed E-state index contributed by atoms with van der Waals surface area (Å²) >= 11 is 0. The van der Waals surface area contributed by atoms with Crippen LogP contribution in [0.2, 0.25) is 0 Å². The van der Waals surface area contributed by atoms with E-state index in [1.807, 2.05) is 24.3 Å². The predicted molar refractivity (Wildman–Crippen MR) is 67.9 cm³/mol. The van der Waals surface area contributed by atoms with Crippen LogP contribution in [0.5, 0.6) is 5.75 Å². The van der Waals surface area contributed by atoms with Crippen LogP contribution in [0.4, 0.5) is 5.82 Å². The molecule has 2 rings (SSSR count). The van der Waals surface area contributed by atoms with Gasteiger partial charge in [-0.3, -0.25) is 0 Å². The molecule has 2 N–H and O–H groups in total. The molecule has 0 radical (unpaired) electrons. The van der Waals surface area contributed by atoms with Gasteiger partial charge in [0.2, 0.25) is 0 Å². The van der Waals surface area contributed by atoms with E-state index in [0.29, 0.717) is 11.3 Å². The van der Waals surface area contributed by atoms with Crippen LogP contribution in [0.3, 0.4) is 0 Å². The average Bonchev–Trinajstić information content (AvgIpc) is 2.38. The largest absolute Gasteiger partial charge is 0.507 e. The fraction of sp³-hybridized carbons (Fsp3) is 0.231. The Morgan fingerprint density at radius 3 is 2.59 bits per heavy atom. The van der Waals surface area contributed by atoms with E-state index in [1.165, 1.54) is 0 Å². The van der Waals surface area contributed by atoms with Gasteiger partial charge in [0.05, 0.1) is 5.69 Å². The molecule has 0 aliphatic rings. The highest BCUT2D eigenvalue weighted by Crippen LogP contribution is 2.26. The molecule has 0 amide bonds. The van der Waals surface area contributed by atoms with Gasteiger partial charge in [0.25, 0.3) is 0 Å². The van der Waals surface area contributed by atoms with Gasteiger partial charge < -0.3 is 10.4 Å². The number of aromatic hydroxyl groups is 1. The van der Waals surface area contributed by atoms with Gasteiger partial charge >= 0.3 is 0 Å². The number of hydrogen-bond donors (Lipinski definition) is 2. The van der Waals surface area contributed by atoms with Gasteiger partial charge in [-0.25, -0.2) is 0 Å². The molecule has 0 saturated carbocycles.